The van der Waals surface area contributed by atoms with E-state index in [4.69, 9.17) is 5.73 Å². The Bertz CT molecular complexity index is 227. The summed E-state index contributed by atoms with van der Waals surface area (Å²) in [5, 5.41) is 3.20. The summed E-state index contributed by atoms with van der Waals surface area (Å²) in [5.41, 5.74) is 4.92. The zero-order chi connectivity index (χ0) is 14.0. The van der Waals surface area contributed by atoms with Crippen LogP contribution in [0.5, 0.6) is 0 Å². The van der Waals surface area contributed by atoms with E-state index in [0.29, 0.717) is 0 Å². The maximum Gasteiger partial charge on any atom is 0.237 e. The summed E-state index contributed by atoms with van der Waals surface area (Å²) in [6.45, 7) is 12.4. The number of primary amides is 1. The highest BCUT2D eigenvalue weighted by atomic mass is 16.1. The van der Waals surface area contributed by atoms with Crippen LogP contribution in [-0.2, 0) is 4.79 Å². The van der Waals surface area contributed by atoms with Crippen molar-refractivity contribution in [1.82, 2.24) is 10.2 Å². The van der Waals surface area contributed by atoms with Crippen molar-refractivity contribution in [2.75, 3.05) is 26.2 Å². The first-order valence-electron chi connectivity index (χ1n) is 7.27. The lowest BCUT2D eigenvalue weighted by Crippen LogP contribution is -2.53. The van der Waals surface area contributed by atoms with Crippen molar-refractivity contribution in [3.63, 3.8) is 0 Å². The van der Waals surface area contributed by atoms with Crippen LogP contribution < -0.4 is 11.1 Å². The van der Waals surface area contributed by atoms with Gasteiger partial charge in [0.25, 0.3) is 0 Å². The smallest absolute Gasteiger partial charge is 0.237 e. The van der Waals surface area contributed by atoms with Gasteiger partial charge in [-0.05, 0) is 58.8 Å². The van der Waals surface area contributed by atoms with E-state index < -0.39 is 5.54 Å². The topological polar surface area (TPSA) is 58.4 Å². The van der Waals surface area contributed by atoms with Gasteiger partial charge >= 0.3 is 0 Å². The van der Waals surface area contributed by atoms with Gasteiger partial charge in [-0.2, -0.15) is 0 Å². The first-order chi connectivity index (χ1) is 8.50. The van der Waals surface area contributed by atoms with Crippen molar-refractivity contribution in [1.29, 1.82) is 0 Å². The van der Waals surface area contributed by atoms with Gasteiger partial charge in [0.2, 0.25) is 5.91 Å². The van der Waals surface area contributed by atoms with E-state index >= 15 is 0 Å². The summed E-state index contributed by atoms with van der Waals surface area (Å²) >= 11 is 0. The van der Waals surface area contributed by atoms with Gasteiger partial charge in [-0.25, -0.2) is 0 Å². The van der Waals surface area contributed by atoms with Crippen LogP contribution in [-0.4, -0.2) is 42.5 Å². The highest BCUT2D eigenvalue weighted by Crippen LogP contribution is 2.12. The van der Waals surface area contributed by atoms with Gasteiger partial charge in [0, 0.05) is 0 Å². The Morgan fingerprint density at radius 1 is 1.17 bits per heavy atom. The highest BCUT2D eigenvalue weighted by Gasteiger charge is 2.29. The first kappa shape index (κ1) is 17.4. The largest absolute Gasteiger partial charge is 0.368 e. The predicted molar refractivity (Wildman–Crippen MR) is 77.5 cm³/mol. The molecule has 4 heteroatoms. The second kappa shape index (κ2) is 9.34. The molecule has 0 rings (SSSR count). The van der Waals surface area contributed by atoms with Crippen LogP contribution in [0.15, 0.2) is 0 Å². The Morgan fingerprint density at radius 2 is 1.72 bits per heavy atom. The third-order valence-electron chi connectivity index (χ3n) is 3.34. The number of hydrogen-bond acceptors (Lipinski definition) is 3. The summed E-state index contributed by atoms with van der Waals surface area (Å²) in [6, 6.07) is 0. The first-order valence-corrected chi connectivity index (χ1v) is 7.27. The quantitative estimate of drug-likeness (QED) is 0.593. The van der Waals surface area contributed by atoms with Crippen molar-refractivity contribution in [3.05, 3.63) is 0 Å². The molecule has 0 aromatic rings. The molecule has 0 aliphatic heterocycles. The molecule has 0 saturated heterocycles. The Kier molecular flexibility index (Phi) is 9.02. The fourth-order valence-electron chi connectivity index (χ4n) is 2.31. The molecule has 0 saturated carbocycles. The molecule has 0 fully saturated rings. The molecule has 108 valence electrons. The van der Waals surface area contributed by atoms with E-state index in [1.165, 1.54) is 12.8 Å². The Morgan fingerprint density at radius 3 is 2.11 bits per heavy atom. The number of nitrogens with two attached hydrogens (primary N) is 1. The maximum atomic E-state index is 11.5. The molecule has 4 nitrogen and oxygen atoms in total. The molecule has 0 aromatic heterocycles. The number of likely N-dealkylation sites (N-methyl/N-ethyl adjacent to an activating group) is 1. The lowest BCUT2D eigenvalue weighted by atomic mass is 9.94. The summed E-state index contributed by atoms with van der Waals surface area (Å²) in [5.74, 6) is -0.248. The summed E-state index contributed by atoms with van der Waals surface area (Å²) < 4.78 is 0. The summed E-state index contributed by atoms with van der Waals surface area (Å²) in [4.78, 5) is 14.0. The number of hydrogen-bond donors (Lipinski definition) is 2. The third kappa shape index (κ3) is 6.36. The van der Waals surface area contributed by atoms with Gasteiger partial charge in [0.15, 0.2) is 0 Å². The van der Waals surface area contributed by atoms with E-state index in [1.54, 1.807) is 0 Å². The lowest BCUT2D eigenvalue weighted by molar-refractivity contribution is -0.124. The molecule has 18 heavy (non-hydrogen) atoms. The van der Waals surface area contributed by atoms with Gasteiger partial charge < -0.3 is 16.0 Å². The summed E-state index contributed by atoms with van der Waals surface area (Å²) in [6.07, 6.45) is 4.17. The van der Waals surface area contributed by atoms with Crippen LogP contribution in [0.4, 0.5) is 0 Å². The van der Waals surface area contributed by atoms with Crippen molar-refractivity contribution in [2.24, 2.45) is 5.73 Å². The van der Waals surface area contributed by atoms with Crippen LogP contribution in [0.1, 0.15) is 53.4 Å². The third-order valence-corrected chi connectivity index (χ3v) is 3.34. The van der Waals surface area contributed by atoms with Gasteiger partial charge in [-0.15, -0.1) is 0 Å². The van der Waals surface area contributed by atoms with Crippen molar-refractivity contribution < 1.29 is 4.79 Å². The van der Waals surface area contributed by atoms with E-state index in [9.17, 15) is 4.79 Å². The monoisotopic (exact) mass is 257 g/mol. The molecule has 0 bridgehead atoms. The molecule has 0 aliphatic rings. The van der Waals surface area contributed by atoms with Gasteiger partial charge in [0.05, 0.1) is 5.54 Å². The van der Waals surface area contributed by atoms with E-state index in [0.717, 1.165) is 39.0 Å². The molecule has 1 atom stereocenters. The number of carbonyl (C=O) groups is 1. The number of nitrogens with zero attached hydrogens (tertiary/aromatic N) is 1. The van der Waals surface area contributed by atoms with Crippen LogP contribution in [0.2, 0.25) is 0 Å². The van der Waals surface area contributed by atoms with E-state index in [2.05, 4.69) is 24.1 Å². The average Bonchev–Trinajstić information content (AvgIpc) is 2.29. The number of carbonyl (C=O) groups excluding carboxylic acids is 1. The molecule has 0 aromatic carbocycles. The average molecular weight is 257 g/mol. The van der Waals surface area contributed by atoms with Crippen molar-refractivity contribution >= 4 is 5.91 Å². The van der Waals surface area contributed by atoms with Crippen molar-refractivity contribution in [3.8, 4) is 0 Å². The van der Waals surface area contributed by atoms with E-state index in [-0.39, 0.29) is 5.91 Å². The second-order valence-electron chi connectivity index (χ2n) is 5.17. The normalized spacial score (nSPS) is 14.7. The Labute approximate surface area is 112 Å². The molecule has 1 unspecified atom stereocenters. The fourth-order valence-corrected chi connectivity index (χ4v) is 2.31. The molecule has 0 heterocycles. The molecule has 0 aliphatic carbocycles. The molecule has 0 spiro atoms. The lowest BCUT2D eigenvalue weighted by Gasteiger charge is -2.28. The molecule has 1 amide bonds. The van der Waals surface area contributed by atoms with Gasteiger partial charge in [-0.1, -0.05) is 20.8 Å². The van der Waals surface area contributed by atoms with Gasteiger partial charge in [0.1, 0.15) is 0 Å². The van der Waals surface area contributed by atoms with Crippen LogP contribution >= 0.6 is 0 Å². The Balaban J connectivity index is 4.14. The number of nitrogens with one attached hydrogen (secondary N) is 1. The predicted octanol–water partition coefficient (Wildman–Crippen LogP) is 1.74. The summed E-state index contributed by atoms with van der Waals surface area (Å²) in [7, 11) is 0. The zero-order valence-corrected chi connectivity index (χ0v) is 12.6. The minimum atomic E-state index is -0.557. The molecular formula is C14H31N3O. The maximum absolute atomic E-state index is 11.5. The second-order valence-corrected chi connectivity index (χ2v) is 5.17. The van der Waals surface area contributed by atoms with Crippen molar-refractivity contribution in [2.45, 2.75) is 58.9 Å². The minimum Gasteiger partial charge on any atom is -0.368 e. The molecule has 0 radical (unpaired) electrons. The minimum absolute atomic E-state index is 0.248. The van der Waals surface area contributed by atoms with Crippen LogP contribution in [0.3, 0.4) is 0 Å². The van der Waals surface area contributed by atoms with Crippen LogP contribution in [0.25, 0.3) is 0 Å². The number of rotatable bonds is 11. The molecule has 3 N–H and O–H groups in total. The highest BCUT2D eigenvalue weighted by molar-refractivity contribution is 5.84. The standard InChI is InChI=1S/C14H31N3O/c1-5-10-17(11-6-2)12-8-9-14(4,13(15)18)16-7-3/h16H,5-12H2,1-4H3,(H2,15,18). The zero-order valence-electron chi connectivity index (χ0n) is 12.6. The Hall–Kier alpha value is -0.610. The number of amides is 1. The SMILES string of the molecule is CCCN(CCC)CCCC(C)(NCC)C(N)=O. The van der Waals surface area contributed by atoms with Gasteiger partial charge in [-0.3, -0.25) is 4.79 Å². The van der Waals surface area contributed by atoms with Crippen LogP contribution in [0, 0.1) is 0 Å². The van der Waals surface area contributed by atoms with E-state index in [1.807, 2.05) is 13.8 Å². The fraction of sp³-hybridized carbons (Fsp3) is 0.929. The molecular weight excluding hydrogens is 226 g/mol.